The van der Waals surface area contributed by atoms with Gasteiger partial charge in [-0.1, -0.05) is 0 Å². The van der Waals surface area contributed by atoms with E-state index in [1.165, 1.54) is 12.4 Å². The van der Waals surface area contributed by atoms with Gasteiger partial charge in [0.1, 0.15) is 11.5 Å². The molecule has 6 heteroatoms. The van der Waals surface area contributed by atoms with Gasteiger partial charge < -0.3 is 15.4 Å². The second-order valence-corrected chi connectivity index (χ2v) is 4.56. The quantitative estimate of drug-likeness (QED) is 0.835. The minimum Gasteiger partial charge on any atom is -0.382 e. The zero-order chi connectivity index (χ0) is 13.1. The van der Waals surface area contributed by atoms with Crippen LogP contribution >= 0.6 is 0 Å². The molecule has 2 heterocycles. The van der Waals surface area contributed by atoms with Crippen molar-refractivity contribution >= 4 is 11.7 Å². The van der Waals surface area contributed by atoms with Gasteiger partial charge in [-0.15, -0.1) is 0 Å². The van der Waals surface area contributed by atoms with E-state index in [1.807, 2.05) is 6.92 Å². The average molecular weight is 250 g/mol. The summed E-state index contributed by atoms with van der Waals surface area (Å²) in [6.07, 6.45) is 4.81. The summed E-state index contributed by atoms with van der Waals surface area (Å²) >= 11 is 0. The summed E-state index contributed by atoms with van der Waals surface area (Å²) in [6, 6.07) is 0.138. The maximum absolute atomic E-state index is 12.3. The van der Waals surface area contributed by atoms with E-state index in [0.717, 1.165) is 12.8 Å². The van der Waals surface area contributed by atoms with E-state index in [-0.39, 0.29) is 23.9 Å². The lowest BCUT2D eigenvalue weighted by molar-refractivity contribution is 0.0157. The molecule has 1 aromatic rings. The zero-order valence-corrected chi connectivity index (χ0v) is 10.7. The predicted octanol–water partition coefficient (Wildman–Crippen LogP) is 0.698. The van der Waals surface area contributed by atoms with E-state index in [0.29, 0.717) is 12.2 Å². The van der Waals surface area contributed by atoms with Gasteiger partial charge in [0.05, 0.1) is 18.5 Å². The van der Waals surface area contributed by atoms with Crippen LogP contribution in [0.2, 0.25) is 0 Å². The highest BCUT2D eigenvalue weighted by molar-refractivity contribution is 5.92. The molecule has 1 aliphatic heterocycles. The van der Waals surface area contributed by atoms with E-state index in [4.69, 9.17) is 10.5 Å². The number of hydrogen-bond donors (Lipinski definition) is 1. The standard InChI is InChI=1S/C12H18N4O2/c1-8-5-9(18-2)3-4-16(8)12(17)10-6-14-7-11(13)15-10/h6-9H,3-5H2,1-2H3,(H2,13,15). The Morgan fingerprint density at radius 3 is 2.94 bits per heavy atom. The number of methoxy groups -OCH3 is 1. The molecule has 1 aromatic heterocycles. The highest BCUT2D eigenvalue weighted by atomic mass is 16.5. The topological polar surface area (TPSA) is 81.3 Å². The molecule has 0 aromatic carbocycles. The molecule has 18 heavy (non-hydrogen) atoms. The molecule has 2 rings (SSSR count). The molecule has 1 amide bonds. The SMILES string of the molecule is COC1CCN(C(=O)c2cncc(N)n2)C(C)C1. The Morgan fingerprint density at radius 2 is 2.33 bits per heavy atom. The maximum atomic E-state index is 12.3. The Bertz CT molecular complexity index is 438. The summed E-state index contributed by atoms with van der Waals surface area (Å²) in [5.74, 6) is 0.150. The van der Waals surface area contributed by atoms with Crippen molar-refractivity contribution in [2.45, 2.75) is 31.9 Å². The number of anilines is 1. The fraction of sp³-hybridized carbons (Fsp3) is 0.583. The number of hydrogen-bond acceptors (Lipinski definition) is 5. The Morgan fingerprint density at radius 1 is 1.56 bits per heavy atom. The first-order chi connectivity index (χ1) is 8.61. The van der Waals surface area contributed by atoms with Gasteiger partial charge in [0.2, 0.25) is 0 Å². The van der Waals surface area contributed by atoms with Crippen molar-refractivity contribution in [3.05, 3.63) is 18.1 Å². The summed E-state index contributed by atoms with van der Waals surface area (Å²) in [4.78, 5) is 22.0. The van der Waals surface area contributed by atoms with E-state index in [1.54, 1.807) is 12.0 Å². The zero-order valence-electron chi connectivity index (χ0n) is 10.7. The van der Waals surface area contributed by atoms with Gasteiger partial charge in [0.15, 0.2) is 0 Å². The van der Waals surface area contributed by atoms with E-state index in [9.17, 15) is 4.79 Å². The Kier molecular flexibility index (Phi) is 3.76. The molecule has 0 aliphatic carbocycles. The number of nitrogen functional groups attached to an aromatic ring is 1. The number of nitrogens with two attached hydrogens (primary N) is 1. The summed E-state index contributed by atoms with van der Waals surface area (Å²) in [6.45, 7) is 2.69. The van der Waals surface area contributed by atoms with Crippen LogP contribution in [-0.2, 0) is 4.74 Å². The third-order valence-electron chi connectivity index (χ3n) is 3.29. The lowest BCUT2D eigenvalue weighted by atomic mass is 10.0. The number of piperidine rings is 1. The molecule has 0 saturated carbocycles. The van der Waals surface area contributed by atoms with Crippen LogP contribution < -0.4 is 5.73 Å². The largest absolute Gasteiger partial charge is 0.382 e. The number of rotatable bonds is 2. The summed E-state index contributed by atoms with van der Waals surface area (Å²) < 4.78 is 5.33. The Balaban J connectivity index is 2.10. The molecule has 2 unspecified atom stereocenters. The van der Waals surface area contributed by atoms with Crippen molar-refractivity contribution in [3.8, 4) is 0 Å². The molecule has 6 nitrogen and oxygen atoms in total. The summed E-state index contributed by atoms with van der Waals surface area (Å²) in [5, 5.41) is 0. The van der Waals surface area contributed by atoms with Crippen LogP contribution in [0, 0.1) is 0 Å². The maximum Gasteiger partial charge on any atom is 0.274 e. The van der Waals surface area contributed by atoms with Crippen LogP contribution in [-0.4, -0.2) is 46.6 Å². The fourth-order valence-electron chi connectivity index (χ4n) is 2.28. The van der Waals surface area contributed by atoms with Crippen molar-refractivity contribution in [2.24, 2.45) is 0 Å². The average Bonchev–Trinajstić information content (AvgIpc) is 2.37. The normalized spacial score (nSPS) is 24.0. The van der Waals surface area contributed by atoms with Crippen LogP contribution in [0.4, 0.5) is 5.82 Å². The van der Waals surface area contributed by atoms with Crippen molar-refractivity contribution in [3.63, 3.8) is 0 Å². The van der Waals surface area contributed by atoms with Crippen LogP contribution in [0.3, 0.4) is 0 Å². The minimum absolute atomic E-state index is 0.114. The Hall–Kier alpha value is -1.69. The number of ether oxygens (including phenoxy) is 1. The lowest BCUT2D eigenvalue weighted by Gasteiger charge is -2.36. The number of likely N-dealkylation sites (tertiary alicyclic amines) is 1. The first-order valence-corrected chi connectivity index (χ1v) is 6.03. The molecule has 98 valence electrons. The summed E-state index contributed by atoms with van der Waals surface area (Å²) in [7, 11) is 1.71. The monoisotopic (exact) mass is 250 g/mol. The molecule has 0 radical (unpaired) electrons. The molecule has 1 fully saturated rings. The van der Waals surface area contributed by atoms with Crippen LogP contribution in [0.25, 0.3) is 0 Å². The van der Waals surface area contributed by atoms with Crippen LogP contribution in [0.5, 0.6) is 0 Å². The smallest absolute Gasteiger partial charge is 0.274 e. The second-order valence-electron chi connectivity index (χ2n) is 4.56. The fourth-order valence-corrected chi connectivity index (χ4v) is 2.28. The van der Waals surface area contributed by atoms with Gasteiger partial charge in [-0.25, -0.2) is 4.98 Å². The number of nitrogens with zero attached hydrogens (tertiary/aromatic N) is 3. The van der Waals surface area contributed by atoms with Gasteiger partial charge in [0.25, 0.3) is 5.91 Å². The molecular formula is C12H18N4O2. The van der Waals surface area contributed by atoms with Crippen molar-refractivity contribution in [2.75, 3.05) is 19.4 Å². The lowest BCUT2D eigenvalue weighted by Crippen LogP contribution is -2.46. The van der Waals surface area contributed by atoms with Crippen molar-refractivity contribution < 1.29 is 9.53 Å². The summed E-state index contributed by atoms with van der Waals surface area (Å²) in [5.41, 5.74) is 5.84. The van der Waals surface area contributed by atoms with E-state index < -0.39 is 0 Å². The second kappa shape index (κ2) is 5.30. The number of carbonyl (C=O) groups is 1. The molecule has 0 bridgehead atoms. The highest BCUT2D eigenvalue weighted by Crippen LogP contribution is 2.21. The molecule has 1 saturated heterocycles. The predicted molar refractivity (Wildman–Crippen MR) is 67.0 cm³/mol. The minimum atomic E-state index is -0.114. The van der Waals surface area contributed by atoms with Gasteiger partial charge in [-0.3, -0.25) is 9.78 Å². The molecule has 1 aliphatic rings. The van der Waals surface area contributed by atoms with E-state index in [2.05, 4.69) is 9.97 Å². The van der Waals surface area contributed by atoms with Crippen LogP contribution in [0.15, 0.2) is 12.4 Å². The molecular weight excluding hydrogens is 232 g/mol. The number of aromatic nitrogens is 2. The van der Waals surface area contributed by atoms with Gasteiger partial charge in [0, 0.05) is 19.7 Å². The van der Waals surface area contributed by atoms with Crippen molar-refractivity contribution in [1.29, 1.82) is 0 Å². The third-order valence-corrected chi connectivity index (χ3v) is 3.29. The van der Waals surface area contributed by atoms with E-state index >= 15 is 0 Å². The number of amides is 1. The first-order valence-electron chi connectivity index (χ1n) is 6.03. The van der Waals surface area contributed by atoms with Gasteiger partial charge >= 0.3 is 0 Å². The number of carbonyl (C=O) groups excluding carboxylic acids is 1. The van der Waals surface area contributed by atoms with Crippen LogP contribution in [0.1, 0.15) is 30.3 Å². The first kappa shape index (κ1) is 12.8. The highest BCUT2D eigenvalue weighted by Gasteiger charge is 2.30. The third kappa shape index (κ3) is 2.59. The van der Waals surface area contributed by atoms with Gasteiger partial charge in [-0.2, -0.15) is 0 Å². The molecule has 2 N–H and O–H groups in total. The Labute approximate surface area is 106 Å². The molecule has 2 atom stereocenters. The molecule has 0 spiro atoms. The van der Waals surface area contributed by atoms with Gasteiger partial charge in [-0.05, 0) is 19.8 Å². The van der Waals surface area contributed by atoms with Crippen molar-refractivity contribution in [1.82, 2.24) is 14.9 Å².